The fourth-order valence-electron chi connectivity index (χ4n) is 7.40. The number of hydrogen-bond donors (Lipinski definition) is 2. The van der Waals surface area contributed by atoms with Crippen molar-refractivity contribution in [3.63, 3.8) is 0 Å². The van der Waals surface area contributed by atoms with E-state index in [9.17, 15) is 9.59 Å². The molecule has 4 rings (SSSR count). The Labute approximate surface area is 292 Å². The van der Waals surface area contributed by atoms with Crippen LogP contribution >= 0.6 is 0 Å². The van der Waals surface area contributed by atoms with Crippen molar-refractivity contribution in [1.82, 2.24) is 10.6 Å². The van der Waals surface area contributed by atoms with Crippen molar-refractivity contribution in [2.75, 3.05) is 13.1 Å². The molecule has 2 amide bonds. The van der Waals surface area contributed by atoms with Crippen molar-refractivity contribution in [3.8, 4) is 0 Å². The van der Waals surface area contributed by atoms with Gasteiger partial charge in [0.15, 0.2) is 0 Å². The van der Waals surface area contributed by atoms with Crippen LogP contribution in [0.1, 0.15) is 78.4 Å². The third kappa shape index (κ3) is 8.07. The van der Waals surface area contributed by atoms with Crippen LogP contribution in [0.5, 0.6) is 0 Å². The Morgan fingerprint density at radius 1 is 0.633 bits per heavy atom. The fourth-order valence-corrected chi connectivity index (χ4v) is 16.3. The van der Waals surface area contributed by atoms with Crippen molar-refractivity contribution in [3.05, 3.63) is 107 Å². The number of amides is 2. The van der Waals surface area contributed by atoms with Gasteiger partial charge >= 0.3 is 294 Å². The zero-order valence-corrected chi connectivity index (χ0v) is 31.1. The van der Waals surface area contributed by atoms with Crippen molar-refractivity contribution < 1.29 is 43.7 Å². The Balaban J connectivity index is 1.82. The first-order valence-electron chi connectivity index (χ1n) is 17.4. The van der Waals surface area contributed by atoms with Crippen LogP contribution in [0, 0.1) is 34.1 Å². The molecule has 0 aliphatic heterocycles. The number of benzene rings is 2. The van der Waals surface area contributed by atoms with Gasteiger partial charge in [-0.25, -0.2) is 0 Å². The first kappa shape index (κ1) is 38.6. The second-order valence-corrected chi connectivity index (χ2v) is 20.9. The topological polar surface area (TPSA) is 58.2 Å². The number of nitrogens with one attached hydrogen (secondary N) is 2. The SMILES string of the molecule is CCCC(C)(C)C(=O)NCCc1ccc(F)[c]([Ti]([c]2c(F)ccc(CCNC(=O)C(C)(C)CCC)c2F)([CH]2C=CC=C2)[CH]2C=CC=C2)c1F. The molecular formula is C40H50F4N2O2Ti. The quantitative estimate of drug-likeness (QED) is 0.136. The molecule has 0 fully saturated rings. The first-order valence-corrected chi connectivity index (χ1v) is 20.8. The van der Waals surface area contributed by atoms with Gasteiger partial charge in [0.2, 0.25) is 0 Å². The van der Waals surface area contributed by atoms with E-state index < -0.39 is 59.1 Å². The average molecular weight is 715 g/mol. The summed E-state index contributed by atoms with van der Waals surface area (Å²) in [5, 5.41) is 5.78. The minimum absolute atomic E-state index is 0.0805. The fraction of sp³-hybridized carbons (Fsp3) is 0.450. The predicted molar refractivity (Wildman–Crippen MR) is 187 cm³/mol. The van der Waals surface area contributed by atoms with E-state index in [1.807, 2.05) is 41.5 Å². The molecule has 2 aliphatic rings. The molecule has 264 valence electrons. The van der Waals surface area contributed by atoms with Crippen LogP contribution in [0.25, 0.3) is 0 Å². The molecule has 49 heavy (non-hydrogen) atoms. The van der Waals surface area contributed by atoms with Gasteiger partial charge in [0.25, 0.3) is 0 Å². The van der Waals surface area contributed by atoms with E-state index in [0.717, 1.165) is 12.8 Å². The zero-order chi connectivity index (χ0) is 36.0. The van der Waals surface area contributed by atoms with E-state index in [1.165, 1.54) is 24.3 Å². The maximum atomic E-state index is 17.0. The van der Waals surface area contributed by atoms with Crippen LogP contribution in [-0.4, -0.2) is 24.9 Å². The Bertz CT molecular complexity index is 1510. The standard InChI is InChI=1S/2C15H20F2NO.2C5H5.Ti/c2*1-4-8-15(2,3)14(19)18-9-7-11-5-6-12(16)10-13(11)17;2*1-2-4-5-3-1;/h2*5-6H,4,7-9H2,1-3H3,(H,18,19);2*1-5H;. The normalized spacial score (nSPS) is 15.1. The number of halogens is 4. The summed E-state index contributed by atoms with van der Waals surface area (Å²) in [4.78, 5) is 25.7. The number of carbonyl (C=O) groups excluding carboxylic acids is 2. The molecule has 9 heteroatoms. The minimum atomic E-state index is -4.94. The molecule has 2 aromatic rings. The third-order valence-corrected chi connectivity index (χ3v) is 18.6. The predicted octanol–water partition coefficient (Wildman–Crippen LogP) is 8.15. The van der Waals surface area contributed by atoms with Crippen LogP contribution < -0.4 is 18.4 Å². The van der Waals surface area contributed by atoms with Crippen molar-refractivity contribution >= 4 is 19.6 Å². The molecule has 0 radical (unpaired) electrons. The van der Waals surface area contributed by atoms with Crippen LogP contribution in [-0.2, 0) is 39.0 Å². The molecule has 0 spiro atoms. The molecule has 2 aromatic carbocycles. The summed E-state index contributed by atoms with van der Waals surface area (Å²) in [6.45, 7) is 11.7. The van der Waals surface area contributed by atoms with Crippen LogP contribution in [0.4, 0.5) is 17.6 Å². The van der Waals surface area contributed by atoms with E-state index in [1.54, 1.807) is 48.6 Å². The average Bonchev–Trinajstić information content (AvgIpc) is 3.78. The van der Waals surface area contributed by atoms with Gasteiger partial charge in [-0.3, -0.25) is 0 Å². The van der Waals surface area contributed by atoms with E-state index in [4.69, 9.17) is 0 Å². The van der Waals surface area contributed by atoms with E-state index in [2.05, 4.69) is 10.6 Å². The molecule has 0 bridgehead atoms. The van der Waals surface area contributed by atoms with Gasteiger partial charge in [-0.2, -0.15) is 0 Å². The molecular weight excluding hydrogens is 664 g/mol. The molecule has 0 saturated heterocycles. The summed E-state index contributed by atoms with van der Waals surface area (Å²) < 4.78 is 65.1. The van der Waals surface area contributed by atoms with E-state index >= 15 is 17.6 Å². The van der Waals surface area contributed by atoms with E-state index in [0.29, 0.717) is 12.8 Å². The summed E-state index contributed by atoms with van der Waals surface area (Å²) in [5.74, 6) is -3.63. The van der Waals surface area contributed by atoms with Gasteiger partial charge in [-0.05, 0) is 0 Å². The van der Waals surface area contributed by atoms with Crippen molar-refractivity contribution in [2.45, 2.75) is 88.5 Å². The second-order valence-electron chi connectivity index (χ2n) is 14.5. The molecule has 2 aliphatic carbocycles. The van der Waals surface area contributed by atoms with Crippen LogP contribution in [0.2, 0.25) is 8.45 Å². The molecule has 0 aromatic heterocycles. The van der Waals surface area contributed by atoms with Gasteiger partial charge in [-0.15, -0.1) is 0 Å². The molecule has 0 atom stereocenters. The van der Waals surface area contributed by atoms with Gasteiger partial charge < -0.3 is 0 Å². The number of rotatable bonds is 16. The Morgan fingerprint density at radius 3 is 1.31 bits per heavy atom. The summed E-state index contributed by atoms with van der Waals surface area (Å²) in [6.07, 6.45) is 17.4. The number of carbonyl (C=O) groups is 2. The molecule has 0 saturated carbocycles. The van der Waals surface area contributed by atoms with Crippen molar-refractivity contribution in [1.29, 1.82) is 0 Å². The van der Waals surface area contributed by atoms with Gasteiger partial charge in [0.1, 0.15) is 0 Å². The molecule has 0 unspecified atom stereocenters. The molecule has 0 heterocycles. The summed E-state index contributed by atoms with van der Waals surface area (Å²) in [6, 6.07) is 5.09. The van der Waals surface area contributed by atoms with Crippen LogP contribution in [0.3, 0.4) is 0 Å². The third-order valence-electron chi connectivity index (χ3n) is 10.1. The van der Waals surface area contributed by atoms with Crippen molar-refractivity contribution in [2.24, 2.45) is 10.8 Å². The number of hydrogen-bond acceptors (Lipinski definition) is 2. The Morgan fingerprint density at radius 2 is 0.980 bits per heavy atom. The molecule has 4 nitrogen and oxygen atoms in total. The summed E-state index contributed by atoms with van der Waals surface area (Å²) in [5.41, 5.74) is -0.844. The second kappa shape index (κ2) is 16.2. The Kier molecular flexibility index (Phi) is 12.8. The van der Waals surface area contributed by atoms with Gasteiger partial charge in [0, 0.05) is 0 Å². The van der Waals surface area contributed by atoms with Crippen LogP contribution in [0.15, 0.2) is 72.9 Å². The zero-order valence-electron chi connectivity index (χ0n) is 29.6. The number of allylic oxidation sites excluding steroid dienone is 8. The van der Waals surface area contributed by atoms with Gasteiger partial charge in [0.05, 0.1) is 0 Å². The Hall–Kier alpha value is -3.23. The summed E-state index contributed by atoms with van der Waals surface area (Å²) in [7, 11) is 0. The molecule has 2 N–H and O–H groups in total. The summed E-state index contributed by atoms with van der Waals surface area (Å²) >= 11 is -4.94. The maximum absolute atomic E-state index is 17.0. The van der Waals surface area contributed by atoms with E-state index in [-0.39, 0.29) is 56.6 Å². The van der Waals surface area contributed by atoms with Gasteiger partial charge in [-0.1, -0.05) is 0 Å². The first-order chi connectivity index (χ1) is 23.2. The monoisotopic (exact) mass is 714 g/mol.